The molecule has 0 radical (unpaired) electrons. The van der Waals surface area contributed by atoms with Gasteiger partial charge in [0.1, 0.15) is 0 Å². The Labute approximate surface area is 71.4 Å². The van der Waals surface area contributed by atoms with Crippen LogP contribution in [0.15, 0.2) is 12.2 Å². The van der Waals surface area contributed by atoms with E-state index in [-0.39, 0.29) is 5.57 Å². The largest absolute Gasteiger partial charge is 0.478 e. The van der Waals surface area contributed by atoms with E-state index in [0.29, 0.717) is 13.2 Å². The fourth-order valence-electron chi connectivity index (χ4n) is 1.03. The van der Waals surface area contributed by atoms with Gasteiger partial charge in [-0.15, -0.1) is 0 Å². The lowest BCUT2D eigenvalue weighted by molar-refractivity contribution is -0.132. The Bertz CT molecular complexity index is 185. The average molecular weight is 171 g/mol. The third-order valence-electron chi connectivity index (χ3n) is 1.86. The van der Waals surface area contributed by atoms with Crippen molar-refractivity contribution in [1.82, 2.24) is 4.90 Å². The van der Waals surface area contributed by atoms with Gasteiger partial charge in [0.05, 0.1) is 13.3 Å². The van der Waals surface area contributed by atoms with Crippen LogP contribution in [0.25, 0.3) is 0 Å². The molecule has 68 valence electrons. The summed E-state index contributed by atoms with van der Waals surface area (Å²) in [6.45, 7) is 6.44. The molecular formula is C8H13NO3. The van der Waals surface area contributed by atoms with Gasteiger partial charge < -0.3 is 9.84 Å². The minimum absolute atomic E-state index is 0.266. The number of nitrogens with zero attached hydrogens (tertiary/aromatic N) is 1. The van der Waals surface area contributed by atoms with E-state index < -0.39 is 5.97 Å². The topological polar surface area (TPSA) is 49.8 Å². The second-order valence-electron chi connectivity index (χ2n) is 2.81. The van der Waals surface area contributed by atoms with Crippen molar-refractivity contribution in [3.63, 3.8) is 0 Å². The maximum absolute atomic E-state index is 10.4. The minimum atomic E-state index is -0.907. The first-order valence-corrected chi connectivity index (χ1v) is 3.91. The third-order valence-corrected chi connectivity index (χ3v) is 1.86. The maximum atomic E-state index is 10.4. The van der Waals surface area contributed by atoms with Crippen LogP contribution in [0.3, 0.4) is 0 Å². The van der Waals surface area contributed by atoms with Gasteiger partial charge in [-0.2, -0.15) is 0 Å². The minimum Gasteiger partial charge on any atom is -0.478 e. The first kappa shape index (κ1) is 9.22. The molecule has 0 atom stereocenters. The Balaban J connectivity index is 2.16. The van der Waals surface area contributed by atoms with Crippen molar-refractivity contribution in [1.29, 1.82) is 0 Å². The van der Waals surface area contributed by atoms with E-state index in [1.54, 1.807) is 0 Å². The zero-order chi connectivity index (χ0) is 8.97. The van der Waals surface area contributed by atoms with E-state index in [2.05, 4.69) is 11.5 Å². The zero-order valence-corrected chi connectivity index (χ0v) is 6.95. The van der Waals surface area contributed by atoms with Crippen molar-refractivity contribution in [3.05, 3.63) is 12.2 Å². The van der Waals surface area contributed by atoms with Gasteiger partial charge in [0, 0.05) is 18.7 Å². The summed E-state index contributed by atoms with van der Waals surface area (Å²) in [5.74, 6) is -0.907. The number of ether oxygens (including phenoxy) is 1. The van der Waals surface area contributed by atoms with Crippen molar-refractivity contribution in [2.24, 2.45) is 0 Å². The Morgan fingerprint density at radius 1 is 1.67 bits per heavy atom. The summed E-state index contributed by atoms with van der Waals surface area (Å²) in [5.41, 5.74) is 0.266. The summed E-state index contributed by atoms with van der Waals surface area (Å²) in [4.78, 5) is 12.4. The van der Waals surface area contributed by atoms with Crippen LogP contribution in [0.1, 0.15) is 6.42 Å². The second-order valence-corrected chi connectivity index (χ2v) is 2.81. The quantitative estimate of drug-likeness (QED) is 0.618. The molecule has 0 unspecified atom stereocenters. The first-order valence-electron chi connectivity index (χ1n) is 3.91. The summed E-state index contributed by atoms with van der Waals surface area (Å²) in [5, 5.41) is 8.51. The maximum Gasteiger partial charge on any atom is 0.331 e. The van der Waals surface area contributed by atoms with Crippen molar-refractivity contribution in [3.8, 4) is 0 Å². The summed E-state index contributed by atoms with van der Waals surface area (Å²) in [7, 11) is 0. The molecule has 4 heteroatoms. The van der Waals surface area contributed by atoms with Gasteiger partial charge in [-0.1, -0.05) is 6.58 Å². The van der Waals surface area contributed by atoms with E-state index >= 15 is 0 Å². The molecule has 4 nitrogen and oxygen atoms in total. The van der Waals surface area contributed by atoms with E-state index in [4.69, 9.17) is 9.84 Å². The van der Waals surface area contributed by atoms with Gasteiger partial charge in [0.2, 0.25) is 0 Å². The number of hydrogen-bond acceptors (Lipinski definition) is 3. The molecule has 1 rings (SSSR count). The molecule has 1 heterocycles. The predicted octanol–water partition coefficient (Wildman–Crippen LogP) is 0.307. The highest BCUT2D eigenvalue weighted by Gasteiger charge is 2.12. The number of rotatable bonds is 4. The summed E-state index contributed by atoms with van der Waals surface area (Å²) >= 11 is 0. The smallest absolute Gasteiger partial charge is 0.331 e. The molecule has 0 amide bonds. The van der Waals surface area contributed by atoms with Crippen LogP contribution in [0.2, 0.25) is 0 Å². The van der Waals surface area contributed by atoms with Gasteiger partial charge in [-0.05, 0) is 6.42 Å². The van der Waals surface area contributed by atoms with E-state index in [9.17, 15) is 4.79 Å². The number of carboxylic acid groups (broad SMARTS) is 1. The third kappa shape index (κ3) is 2.64. The lowest BCUT2D eigenvalue weighted by Gasteiger charge is -2.11. The molecule has 1 saturated heterocycles. The van der Waals surface area contributed by atoms with Crippen molar-refractivity contribution in [2.45, 2.75) is 6.42 Å². The molecule has 0 aromatic carbocycles. The molecule has 1 N–H and O–H groups in total. The van der Waals surface area contributed by atoms with E-state index in [1.807, 2.05) is 0 Å². The predicted molar refractivity (Wildman–Crippen MR) is 43.8 cm³/mol. The molecule has 0 spiro atoms. The number of carboxylic acids is 1. The second kappa shape index (κ2) is 4.23. The Morgan fingerprint density at radius 3 is 2.92 bits per heavy atom. The zero-order valence-electron chi connectivity index (χ0n) is 6.95. The highest BCUT2D eigenvalue weighted by Crippen LogP contribution is 2.04. The molecule has 0 aromatic rings. The van der Waals surface area contributed by atoms with Gasteiger partial charge in [0.15, 0.2) is 0 Å². The Kier molecular flexibility index (Phi) is 3.25. The van der Waals surface area contributed by atoms with Crippen LogP contribution < -0.4 is 0 Å². The molecule has 12 heavy (non-hydrogen) atoms. The highest BCUT2D eigenvalue weighted by atomic mass is 16.5. The molecule has 0 aromatic heterocycles. The van der Waals surface area contributed by atoms with Gasteiger partial charge in [-0.3, -0.25) is 4.90 Å². The summed E-state index contributed by atoms with van der Waals surface area (Å²) in [6.07, 6.45) is 0.513. The molecule has 0 aliphatic carbocycles. The van der Waals surface area contributed by atoms with Crippen LogP contribution in [-0.4, -0.2) is 42.4 Å². The fourth-order valence-corrected chi connectivity index (χ4v) is 1.03. The summed E-state index contributed by atoms with van der Waals surface area (Å²) in [6, 6.07) is 0. The van der Waals surface area contributed by atoms with Gasteiger partial charge in [0.25, 0.3) is 0 Å². The summed E-state index contributed by atoms with van der Waals surface area (Å²) < 4.78 is 5.10. The molecule has 1 aliphatic rings. The van der Waals surface area contributed by atoms with Crippen LogP contribution >= 0.6 is 0 Å². The van der Waals surface area contributed by atoms with E-state index in [1.165, 1.54) is 0 Å². The van der Waals surface area contributed by atoms with Crippen LogP contribution in [0.5, 0.6) is 0 Å². The normalized spacial score (nSPS) is 18.0. The van der Waals surface area contributed by atoms with Crippen molar-refractivity contribution < 1.29 is 14.6 Å². The highest BCUT2D eigenvalue weighted by molar-refractivity contribution is 5.85. The lowest BCUT2D eigenvalue weighted by Crippen LogP contribution is -2.22. The number of carbonyl (C=O) groups is 1. The van der Waals surface area contributed by atoms with Crippen LogP contribution in [-0.2, 0) is 9.53 Å². The van der Waals surface area contributed by atoms with Gasteiger partial charge in [-0.25, -0.2) is 4.79 Å². The van der Waals surface area contributed by atoms with Crippen LogP contribution in [0, 0.1) is 0 Å². The lowest BCUT2D eigenvalue weighted by atomic mass is 10.2. The first-order chi connectivity index (χ1) is 5.70. The molecule has 1 aliphatic heterocycles. The Hall–Kier alpha value is -0.870. The fraction of sp³-hybridized carbons (Fsp3) is 0.625. The Morgan fingerprint density at radius 2 is 2.42 bits per heavy atom. The van der Waals surface area contributed by atoms with Gasteiger partial charge >= 0.3 is 5.97 Å². The average Bonchev–Trinajstić information content (AvgIpc) is 2.51. The monoisotopic (exact) mass is 171 g/mol. The van der Waals surface area contributed by atoms with Crippen molar-refractivity contribution >= 4 is 5.97 Å². The molecular weight excluding hydrogens is 158 g/mol. The molecule has 0 bridgehead atoms. The number of hydrogen-bond donors (Lipinski definition) is 1. The standard InChI is InChI=1S/C8H13NO3/c1-7(8(10)11)2-3-9-4-5-12-6-9/h1-6H2,(H,10,11). The SMILES string of the molecule is C=C(CCN1CCOC1)C(=O)O. The molecule has 1 fully saturated rings. The van der Waals surface area contributed by atoms with Crippen molar-refractivity contribution in [2.75, 3.05) is 26.4 Å². The molecule has 0 saturated carbocycles. The van der Waals surface area contributed by atoms with E-state index in [0.717, 1.165) is 19.7 Å². The van der Waals surface area contributed by atoms with Crippen LogP contribution in [0.4, 0.5) is 0 Å². The number of aliphatic carboxylic acids is 1.